The summed E-state index contributed by atoms with van der Waals surface area (Å²) in [5, 5.41) is 9.45. The van der Waals surface area contributed by atoms with Gasteiger partial charge in [-0.2, -0.15) is 5.10 Å². The molecule has 0 bridgehead atoms. The fourth-order valence-electron chi connectivity index (χ4n) is 3.22. The number of amides is 3. The van der Waals surface area contributed by atoms with Gasteiger partial charge in [-0.1, -0.05) is 12.1 Å². The van der Waals surface area contributed by atoms with Crippen molar-refractivity contribution < 1.29 is 19.1 Å². The molecule has 1 aromatic heterocycles. The van der Waals surface area contributed by atoms with Gasteiger partial charge in [0.25, 0.3) is 5.91 Å². The van der Waals surface area contributed by atoms with Gasteiger partial charge in [0.1, 0.15) is 0 Å². The predicted octanol–water partition coefficient (Wildman–Crippen LogP) is 0.764. The zero-order chi connectivity index (χ0) is 21.0. The largest absolute Gasteiger partial charge is 0.378 e. The SMILES string of the molecule is Cc1nn(C)c(C)c1CNC(=O)C(=O)Nc1ccccc1C(=O)N1CCOCC1. The highest BCUT2D eigenvalue weighted by Gasteiger charge is 2.23. The number of nitrogens with one attached hydrogen (secondary N) is 2. The molecule has 0 aliphatic carbocycles. The van der Waals surface area contributed by atoms with Crippen molar-refractivity contribution in [3.05, 3.63) is 46.8 Å². The average molecular weight is 399 g/mol. The van der Waals surface area contributed by atoms with E-state index in [0.29, 0.717) is 37.6 Å². The van der Waals surface area contributed by atoms with Gasteiger partial charge in [-0.25, -0.2) is 0 Å². The molecule has 0 unspecified atom stereocenters. The van der Waals surface area contributed by atoms with E-state index in [-0.39, 0.29) is 12.5 Å². The molecule has 0 spiro atoms. The van der Waals surface area contributed by atoms with Crippen LogP contribution in [0.1, 0.15) is 27.3 Å². The molecule has 2 aromatic rings. The molecule has 29 heavy (non-hydrogen) atoms. The number of anilines is 1. The minimum atomic E-state index is -0.827. The summed E-state index contributed by atoms with van der Waals surface area (Å²) in [6.45, 7) is 5.89. The Morgan fingerprint density at radius 1 is 1.10 bits per heavy atom. The van der Waals surface area contributed by atoms with Crippen LogP contribution < -0.4 is 10.6 Å². The highest BCUT2D eigenvalue weighted by Crippen LogP contribution is 2.18. The molecule has 1 fully saturated rings. The number of benzene rings is 1. The molecule has 3 amide bonds. The van der Waals surface area contributed by atoms with Crippen molar-refractivity contribution in [3.63, 3.8) is 0 Å². The fraction of sp³-hybridized carbons (Fsp3) is 0.400. The number of hydrogen-bond acceptors (Lipinski definition) is 5. The standard InChI is InChI=1S/C20H25N5O4/c1-13-16(14(2)24(3)23-13)12-21-18(26)19(27)22-17-7-5-4-6-15(17)20(28)25-8-10-29-11-9-25/h4-7H,8-12H2,1-3H3,(H,21,26)(H,22,27). The van der Waals surface area contributed by atoms with Gasteiger partial charge < -0.3 is 20.3 Å². The van der Waals surface area contributed by atoms with E-state index in [2.05, 4.69) is 15.7 Å². The molecule has 0 radical (unpaired) electrons. The lowest BCUT2D eigenvalue weighted by molar-refractivity contribution is -0.136. The number of aromatic nitrogens is 2. The fourth-order valence-corrected chi connectivity index (χ4v) is 3.22. The van der Waals surface area contributed by atoms with E-state index in [1.807, 2.05) is 20.9 Å². The second-order valence-electron chi connectivity index (χ2n) is 6.86. The number of carbonyl (C=O) groups excluding carboxylic acids is 3. The van der Waals surface area contributed by atoms with Crippen molar-refractivity contribution in [2.45, 2.75) is 20.4 Å². The molecule has 154 valence electrons. The van der Waals surface area contributed by atoms with E-state index < -0.39 is 11.8 Å². The lowest BCUT2D eigenvalue weighted by Crippen LogP contribution is -2.41. The summed E-state index contributed by atoms with van der Waals surface area (Å²) >= 11 is 0. The molecular weight excluding hydrogens is 374 g/mol. The minimum Gasteiger partial charge on any atom is -0.378 e. The van der Waals surface area contributed by atoms with Crippen LogP contribution in [-0.4, -0.2) is 58.7 Å². The third kappa shape index (κ3) is 4.62. The normalized spacial score (nSPS) is 13.8. The molecule has 9 heteroatoms. The first kappa shape index (κ1) is 20.5. The molecule has 1 aliphatic heterocycles. The molecule has 1 aromatic carbocycles. The predicted molar refractivity (Wildman–Crippen MR) is 106 cm³/mol. The Bertz CT molecular complexity index is 931. The number of hydrogen-bond donors (Lipinski definition) is 2. The number of nitrogens with zero attached hydrogens (tertiary/aromatic N) is 3. The Morgan fingerprint density at radius 3 is 2.45 bits per heavy atom. The Balaban J connectivity index is 1.65. The van der Waals surface area contributed by atoms with Crippen molar-refractivity contribution in [3.8, 4) is 0 Å². The number of carbonyl (C=O) groups is 3. The van der Waals surface area contributed by atoms with Gasteiger partial charge in [-0.3, -0.25) is 19.1 Å². The van der Waals surface area contributed by atoms with Crippen molar-refractivity contribution in [2.24, 2.45) is 7.05 Å². The van der Waals surface area contributed by atoms with Crippen LogP contribution in [0.3, 0.4) is 0 Å². The molecule has 3 rings (SSSR count). The van der Waals surface area contributed by atoms with Gasteiger partial charge in [0.05, 0.1) is 30.2 Å². The Morgan fingerprint density at radius 2 is 1.79 bits per heavy atom. The van der Waals surface area contributed by atoms with Crippen LogP contribution in [0.2, 0.25) is 0 Å². The average Bonchev–Trinajstić information content (AvgIpc) is 2.97. The van der Waals surface area contributed by atoms with E-state index in [4.69, 9.17) is 4.74 Å². The van der Waals surface area contributed by atoms with E-state index in [0.717, 1.165) is 17.0 Å². The summed E-state index contributed by atoms with van der Waals surface area (Å²) in [6, 6.07) is 6.66. The maximum Gasteiger partial charge on any atom is 0.313 e. The summed E-state index contributed by atoms with van der Waals surface area (Å²) in [4.78, 5) is 39.1. The molecule has 9 nitrogen and oxygen atoms in total. The number of para-hydroxylation sites is 1. The third-order valence-electron chi connectivity index (χ3n) is 4.99. The quantitative estimate of drug-likeness (QED) is 0.739. The summed E-state index contributed by atoms with van der Waals surface area (Å²) in [7, 11) is 1.82. The Kier molecular flexibility index (Phi) is 6.28. The van der Waals surface area contributed by atoms with E-state index >= 15 is 0 Å². The second-order valence-corrected chi connectivity index (χ2v) is 6.86. The lowest BCUT2D eigenvalue weighted by atomic mass is 10.1. The maximum atomic E-state index is 12.8. The van der Waals surface area contributed by atoms with Gasteiger partial charge in [0.2, 0.25) is 0 Å². The lowest BCUT2D eigenvalue weighted by Gasteiger charge is -2.27. The van der Waals surface area contributed by atoms with Crippen molar-refractivity contribution >= 4 is 23.4 Å². The highest BCUT2D eigenvalue weighted by atomic mass is 16.5. The number of rotatable bonds is 4. The highest BCUT2D eigenvalue weighted by molar-refractivity contribution is 6.40. The van der Waals surface area contributed by atoms with Crippen LogP contribution >= 0.6 is 0 Å². The number of aryl methyl sites for hydroxylation is 2. The monoisotopic (exact) mass is 399 g/mol. The third-order valence-corrected chi connectivity index (χ3v) is 4.99. The first-order chi connectivity index (χ1) is 13.9. The summed E-state index contributed by atoms with van der Waals surface area (Å²) in [6.07, 6.45) is 0. The van der Waals surface area contributed by atoms with E-state index in [1.54, 1.807) is 33.8 Å². The molecule has 2 N–H and O–H groups in total. The molecule has 1 aliphatic rings. The van der Waals surface area contributed by atoms with Crippen LogP contribution in [0.25, 0.3) is 0 Å². The van der Waals surface area contributed by atoms with Crippen LogP contribution in [0, 0.1) is 13.8 Å². The van der Waals surface area contributed by atoms with Gasteiger partial charge in [-0.15, -0.1) is 0 Å². The second kappa shape index (κ2) is 8.87. The Hall–Kier alpha value is -3.20. The van der Waals surface area contributed by atoms with Gasteiger partial charge in [0, 0.05) is 37.9 Å². The van der Waals surface area contributed by atoms with E-state index in [1.165, 1.54) is 0 Å². The summed E-state index contributed by atoms with van der Waals surface area (Å²) in [5.74, 6) is -1.81. The smallest absolute Gasteiger partial charge is 0.313 e. The van der Waals surface area contributed by atoms with Crippen molar-refractivity contribution in [1.82, 2.24) is 20.0 Å². The summed E-state index contributed by atoms with van der Waals surface area (Å²) in [5.41, 5.74) is 3.24. The van der Waals surface area contributed by atoms with Gasteiger partial charge >= 0.3 is 11.8 Å². The molecule has 0 atom stereocenters. The van der Waals surface area contributed by atoms with Crippen LogP contribution in [0.4, 0.5) is 5.69 Å². The molecule has 1 saturated heterocycles. The first-order valence-corrected chi connectivity index (χ1v) is 9.42. The van der Waals surface area contributed by atoms with Crippen LogP contribution in [-0.2, 0) is 27.9 Å². The van der Waals surface area contributed by atoms with Gasteiger partial charge in [-0.05, 0) is 26.0 Å². The van der Waals surface area contributed by atoms with Crippen molar-refractivity contribution in [2.75, 3.05) is 31.6 Å². The zero-order valence-corrected chi connectivity index (χ0v) is 16.8. The summed E-state index contributed by atoms with van der Waals surface area (Å²) < 4.78 is 7.00. The van der Waals surface area contributed by atoms with Gasteiger partial charge in [0.15, 0.2) is 0 Å². The minimum absolute atomic E-state index is 0.201. The number of ether oxygens (including phenoxy) is 1. The van der Waals surface area contributed by atoms with E-state index in [9.17, 15) is 14.4 Å². The number of morpholine rings is 1. The zero-order valence-electron chi connectivity index (χ0n) is 16.8. The molecular formula is C20H25N5O4. The maximum absolute atomic E-state index is 12.8. The molecule has 0 saturated carbocycles. The van der Waals surface area contributed by atoms with Crippen molar-refractivity contribution in [1.29, 1.82) is 0 Å². The topological polar surface area (TPSA) is 106 Å². The van der Waals surface area contributed by atoms with Crippen LogP contribution in [0.15, 0.2) is 24.3 Å². The van der Waals surface area contributed by atoms with Crippen LogP contribution in [0.5, 0.6) is 0 Å². The first-order valence-electron chi connectivity index (χ1n) is 9.42. The molecule has 2 heterocycles. The Labute approximate surface area is 169 Å².